The summed E-state index contributed by atoms with van der Waals surface area (Å²) >= 11 is -0.447. The Hall–Kier alpha value is 0.850. The Bertz CT molecular complexity index is 456. The van der Waals surface area contributed by atoms with Gasteiger partial charge >= 0.3 is 0 Å². The Morgan fingerprint density at radius 1 is 1.19 bits per heavy atom. The van der Waals surface area contributed by atoms with E-state index in [2.05, 4.69) is 12.2 Å². The molecule has 0 atom stereocenters. The van der Waals surface area contributed by atoms with E-state index < -0.39 is 14.9 Å². The van der Waals surface area contributed by atoms with Gasteiger partial charge in [0, 0.05) is 3.51 Å². The normalized spacial score (nSPS) is 25.2. The van der Waals surface area contributed by atoms with Crippen molar-refractivity contribution in [3.63, 3.8) is 0 Å². The summed E-state index contributed by atoms with van der Waals surface area (Å²) < 4.78 is 39.7. The van der Waals surface area contributed by atoms with Crippen molar-refractivity contribution < 1.29 is 13.0 Å². The molecule has 0 amide bonds. The van der Waals surface area contributed by atoms with Crippen molar-refractivity contribution >= 4 is 59.1 Å². The van der Waals surface area contributed by atoms with E-state index >= 15 is 0 Å². The Morgan fingerprint density at radius 3 is 2.38 bits per heavy atom. The first-order valence-electron chi connectivity index (χ1n) is 5.14. The first kappa shape index (κ1) is 13.3. The Kier molecular flexibility index (Phi) is 4.34. The fourth-order valence-electron chi connectivity index (χ4n) is 2.18. The van der Waals surface area contributed by atoms with Crippen LogP contribution in [0.1, 0.15) is 32.1 Å². The number of rotatable bonds is 2. The van der Waals surface area contributed by atoms with E-state index in [9.17, 15) is 13.0 Å². The van der Waals surface area contributed by atoms with Crippen molar-refractivity contribution in [3.05, 3.63) is 8.17 Å². The third-order valence-electron chi connectivity index (χ3n) is 3.05. The zero-order chi connectivity index (χ0) is 11.6. The molecule has 92 valence electrons. The minimum atomic E-state index is -3.94. The summed E-state index contributed by atoms with van der Waals surface area (Å²) in [7, 11) is -3.94. The maximum absolute atomic E-state index is 11.7. The highest BCUT2D eigenvalue weighted by Gasteiger charge is 2.46. The molecule has 2 rings (SSSR count). The predicted octanol–water partition coefficient (Wildman–Crippen LogP) is 2.98. The third-order valence-corrected chi connectivity index (χ3v) is 12.1. The van der Waals surface area contributed by atoms with Crippen LogP contribution in [0.2, 0.25) is 0 Å². The maximum Gasteiger partial charge on any atom is 0.275 e. The fraction of sp³-hybridized carbons (Fsp3) is 0.600. The third kappa shape index (κ3) is 2.49. The molecule has 0 unspecified atom stereocenters. The molecule has 1 fully saturated rings. The lowest BCUT2D eigenvalue weighted by Crippen LogP contribution is -2.47. The molecule has 1 aliphatic heterocycles. The van der Waals surface area contributed by atoms with Crippen molar-refractivity contribution in [1.82, 2.24) is 0 Å². The summed E-state index contributed by atoms with van der Waals surface area (Å²) in [6.45, 7) is 0. The van der Waals surface area contributed by atoms with Gasteiger partial charge in [-0.1, -0.05) is 60.7 Å². The number of halogens is 2. The van der Waals surface area contributed by atoms with Gasteiger partial charge in [-0.3, -0.25) is 4.55 Å². The van der Waals surface area contributed by atoms with E-state index in [1.165, 1.54) is 0 Å². The van der Waals surface area contributed by atoms with Gasteiger partial charge in [0.1, 0.15) is 4.75 Å². The van der Waals surface area contributed by atoms with Crippen molar-refractivity contribution in [1.29, 1.82) is 0 Å². The van der Waals surface area contributed by atoms with Crippen LogP contribution in [0.5, 0.6) is 0 Å². The SMILES string of the molecule is O=S(=O)(O)C1(C2=IC=CI=C2)CCCCC1. The first-order valence-corrected chi connectivity index (χ1v) is 11.4. The molecule has 16 heavy (non-hydrogen) atoms. The quantitative estimate of drug-likeness (QED) is 0.501. The van der Waals surface area contributed by atoms with E-state index in [0.717, 1.165) is 22.8 Å². The van der Waals surface area contributed by atoms with Gasteiger partial charge in [0.2, 0.25) is 0 Å². The average Bonchev–Trinajstić information content (AvgIpc) is 2.30. The molecule has 1 saturated carbocycles. The summed E-state index contributed by atoms with van der Waals surface area (Å²) in [6, 6.07) is 0. The van der Waals surface area contributed by atoms with Crippen molar-refractivity contribution in [3.8, 4) is 0 Å². The highest BCUT2D eigenvalue weighted by Crippen LogP contribution is 2.39. The van der Waals surface area contributed by atoms with E-state index in [1.807, 2.05) is 0 Å². The van der Waals surface area contributed by atoms with Gasteiger partial charge in [-0.25, -0.2) is 0 Å². The van der Waals surface area contributed by atoms with Crippen LogP contribution in [0, 0.1) is 0 Å². The molecular weight excluding hydrogens is 454 g/mol. The van der Waals surface area contributed by atoms with Crippen molar-refractivity contribution in [2.75, 3.05) is 0 Å². The Labute approximate surface area is 116 Å². The Balaban J connectivity index is 2.46. The lowest BCUT2D eigenvalue weighted by molar-refractivity contribution is 0.397. The first-order chi connectivity index (χ1) is 7.56. The van der Waals surface area contributed by atoms with Crippen LogP contribution in [0.3, 0.4) is 0 Å². The molecule has 2 aliphatic rings. The second-order valence-electron chi connectivity index (χ2n) is 3.97. The van der Waals surface area contributed by atoms with E-state index in [0.29, 0.717) is 12.8 Å². The average molecular weight is 468 g/mol. The summed E-state index contributed by atoms with van der Waals surface area (Å²) in [5.74, 6) is 0. The number of hydrogen-bond acceptors (Lipinski definition) is 2. The largest absolute Gasteiger partial charge is 0.285 e. The summed E-state index contributed by atoms with van der Waals surface area (Å²) in [6.07, 6.45) is 4.17. The van der Waals surface area contributed by atoms with Crippen molar-refractivity contribution in [2.45, 2.75) is 36.9 Å². The molecule has 0 aromatic rings. The summed E-state index contributed by atoms with van der Waals surface area (Å²) in [5.41, 5.74) is 0. The molecule has 3 nitrogen and oxygen atoms in total. The molecule has 0 aromatic carbocycles. The number of hydrogen-bond donors (Lipinski definition) is 1. The molecule has 0 radical (unpaired) electrons. The molecule has 0 spiro atoms. The van der Waals surface area contributed by atoms with Crippen LogP contribution in [0.15, 0.2) is 8.17 Å². The fourth-order valence-corrected chi connectivity index (χ4v) is 11.5. The minimum Gasteiger partial charge on any atom is -0.285 e. The van der Waals surface area contributed by atoms with Crippen molar-refractivity contribution in [2.24, 2.45) is 0 Å². The highest BCUT2D eigenvalue weighted by molar-refractivity contribution is 14.2. The topological polar surface area (TPSA) is 54.4 Å². The molecule has 1 N–H and O–H groups in total. The molecule has 6 heteroatoms. The van der Waals surface area contributed by atoms with Crippen LogP contribution in [-0.2, 0) is 10.1 Å². The van der Waals surface area contributed by atoms with Gasteiger partial charge in [0.25, 0.3) is 10.1 Å². The van der Waals surface area contributed by atoms with Crippen LogP contribution in [-0.4, -0.2) is 25.2 Å². The zero-order valence-electron chi connectivity index (χ0n) is 8.70. The standard InChI is InChI=1S/C10H14I2O3S/c13-16(14,15)10(4-2-1-3-5-10)9-8-11-6-7-12-9/h6-8H,1-5H2,(H,13,14,15). The van der Waals surface area contributed by atoms with Crippen LogP contribution < -0.4 is 0 Å². The van der Waals surface area contributed by atoms with Gasteiger partial charge in [-0.2, -0.15) is 8.42 Å². The monoisotopic (exact) mass is 468 g/mol. The van der Waals surface area contributed by atoms with Gasteiger partial charge in [-0.15, -0.1) is 0 Å². The predicted molar refractivity (Wildman–Crippen MR) is 85.6 cm³/mol. The summed E-state index contributed by atoms with van der Waals surface area (Å²) in [4.78, 5) is 0. The second kappa shape index (κ2) is 5.23. The van der Waals surface area contributed by atoms with Gasteiger partial charge < -0.3 is 0 Å². The van der Waals surface area contributed by atoms with Gasteiger partial charge in [-0.05, 0) is 25.0 Å². The van der Waals surface area contributed by atoms with Crippen LogP contribution >= 0.6 is 41.5 Å². The molecular formula is C10H14I2O3S. The second-order valence-corrected chi connectivity index (χ2v) is 10.3. The molecule has 0 saturated heterocycles. The Morgan fingerprint density at radius 2 is 1.88 bits per heavy atom. The molecule has 1 aliphatic carbocycles. The molecule has 1 heterocycles. The maximum atomic E-state index is 11.7. The van der Waals surface area contributed by atoms with Crippen LogP contribution in [0.25, 0.3) is 0 Å². The molecule has 0 bridgehead atoms. The van der Waals surface area contributed by atoms with E-state index in [4.69, 9.17) is 0 Å². The van der Waals surface area contributed by atoms with Crippen LogP contribution in [0.4, 0.5) is 0 Å². The van der Waals surface area contributed by atoms with Gasteiger partial charge in [0.05, 0.1) is 0 Å². The van der Waals surface area contributed by atoms with E-state index in [1.54, 1.807) is 0 Å². The zero-order valence-corrected chi connectivity index (χ0v) is 13.8. The smallest absolute Gasteiger partial charge is 0.275 e. The lowest BCUT2D eigenvalue weighted by Gasteiger charge is -2.34. The van der Waals surface area contributed by atoms with E-state index in [-0.39, 0.29) is 41.5 Å². The summed E-state index contributed by atoms with van der Waals surface area (Å²) in [5, 5.41) is 0. The lowest BCUT2D eigenvalue weighted by atomic mass is 9.86. The molecule has 0 aromatic heterocycles. The minimum absolute atomic E-state index is 0.124. The van der Waals surface area contributed by atoms with Gasteiger partial charge in [0.15, 0.2) is 0 Å². The highest BCUT2D eigenvalue weighted by atomic mass is 127.